The lowest BCUT2D eigenvalue weighted by Crippen LogP contribution is -2.22. The number of halogens is 1. The Morgan fingerprint density at radius 3 is 2.50 bits per heavy atom. The van der Waals surface area contributed by atoms with E-state index < -0.39 is 18.0 Å². The molecule has 1 aromatic carbocycles. The van der Waals surface area contributed by atoms with Crippen LogP contribution in [0.15, 0.2) is 18.2 Å². The molecule has 2 unspecified atom stereocenters. The maximum Gasteiger partial charge on any atom is 0.155 e. The monoisotopic (exact) mass is 225 g/mol. The van der Waals surface area contributed by atoms with Crippen LogP contribution in [0, 0.1) is 5.82 Å². The summed E-state index contributed by atoms with van der Waals surface area (Å²) in [5, 5.41) is 18.8. The van der Waals surface area contributed by atoms with Crippen molar-refractivity contribution >= 4 is 12.0 Å². The summed E-state index contributed by atoms with van der Waals surface area (Å²) in [7, 11) is 0. The van der Waals surface area contributed by atoms with E-state index in [4.69, 9.17) is 0 Å². The number of nitrogens with zero attached hydrogens (tertiary/aromatic N) is 1. The van der Waals surface area contributed by atoms with Gasteiger partial charge < -0.3 is 15.1 Å². The van der Waals surface area contributed by atoms with Crippen LogP contribution in [0.5, 0.6) is 0 Å². The van der Waals surface area contributed by atoms with Gasteiger partial charge in [0.05, 0.1) is 23.5 Å². The second-order valence-corrected chi connectivity index (χ2v) is 3.83. The molecule has 0 spiro atoms. The third kappa shape index (κ3) is 1.79. The van der Waals surface area contributed by atoms with Crippen molar-refractivity contribution < 1.29 is 19.4 Å². The minimum Gasteiger partial charge on any atom is -0.389 e. The van der Waals surface area contributed by atoms with Crippen molar-refractivity contribution in [2.75, 3.05) is 18.0 Å². The van der Waals surface area contributed by atoms with E-state index in [1.807, 2.05) is 0 Å². The standard InChI is InChI=1S/C11H12FNO3/c12-8-2-1-3-9(7(8)6-14)13-4-10(15)11(16)5-13/h1-3,6,10-11,15-16H,4-5H2. The first-order valence-electron chi connectivity index (χ1n) is 4.98. The van der Waals surface area contributed by atoms with E-state index in [0.717, 1.165) is 0 Å². The van der Waals surface area contributed by atoms with Gasteiger partial charge in [0.15, 0.2) is 6.29 Å². The van der Waals surface area contributed by atoms with Gasteiger partial charge in [0.25, 0.3) is 0 Å². The molecular formula is C11H12FNO3. The molecule has 1 saturated heterocycles. The predicted molar refractivity (Wildman–Crippen MR) is 56.0 cm³/mol. The third-order valence-electron chi connectivity index (χ3n) is 2.75. The van der Waals surface area contributed by atoms with Gasteiger partial charge in [-0.2, -0.15) is 0 Å². The Morgan fingerprint density at radius 2 is 1.94 bits per heavy atom. The number of aliphatic hydroxyl groups excluding tert-OH is 2. The first-order chi connectivity index (χ1) is 7.63. The third-order valence-corrected chi connectivity index (χ3v) is 2.75. The number of benzene rings is 1. The fraction of sp³-hybridized carbons (Fsp3) is 0.364. The number of hydrogen-bond donors (Lipinski definition) is 2. The number of rotatable bonds is 2. The van der Waals surface area contributed by atoms with Gasteiger partial charge >= 0.3 is 0 Å². The smallest absolute Gasteiger partial charge is 0.155 e. The average molecular weight is 225 g/mol. The summed E-state index contributed by atoms with van der Waals surface area (Å²) in [5.74, 6) is -0.594. The first kappa shape index (κ1) is 11.0. The van der Waals surface area contributed by atoms with Gasteiger partial charge in [-0.1, -0.05) is 6.07 Å². The SMILES string of the molecule is O=Cc1c(F)cccc1N1CC(O)C(O)C1. The van der Waals surface area contributed by atoms with Gasteiger partial charge in [-0.05, 0) is 12.1 Å². The summed E-state index contributed by atoms with van der Waals surface area (Å²) in [4.78, 5) is 12.4. The molecule has 0 aromatic heterocycles. The van der Waals surface area contributed by atoms with Crippen LogP contribution in [0.3, 0.4) is 0 Å². The van der Waals surface area contributed by atoms with E-state index in [0.29, 0.717) is 12.0 Å². The van der Waals surface area contributed by atoms with Crippen molar-refractivity contribution in [1.29, 1.82) is 0 Å². The molecule has 16 heavy (non-hydrogen) atoms. The summed E-state index contributed by atoms with van der Waals surface area (Å²) in [6.45, 7) is 0.400. The molecular weight excluding hydrogens is 213 g/mol. The Morgan fingerprint density at radius 1 is 1.31 bits per heavy atom. The molecule has 1 aromatic rings. The lowest BCUT2D eigenvalue weighted by Gasteiger charge is -2.19. The lowest BCUT2D eigenvalue weighted by molar-refractivity contribution is 0.0572. The molecule has 1 aliphatic heterocycles. The molecule has 5 heteroatoms. The number of hydrogen-bond acceptors (Lipinski definition) is 4. The average Bonchev–Trinajstić information content (AvgIpc) is 2.59. The topological polar surface area (TPSA) is 60.8 Å². The minimum atomic E-state index is -0.859. The molecule has 0 aliphatic carbocycles. The summed E-state index contributed by atoms with van der Waals surface area (Å²) in [5.41, 5.74) is 0.370. The number of aliphatic hydroxyl groups is 2. The normalized spacial score (nSPS) is 24.8. The van der Waals surface area contributed by atoms with E-state index in [-0.39, 0.29) is 18.7 Å². The maximum atomic E-state index is 13.3. The van der Waals surface area contributed by atoms with Gasteiger partial charge in [0.1, 0.15) is 5.82 Å². The second kappa shape index (κ2) is 4.19. The number of carbonyl (C=O) groups excluding carboxylic acids is 1. The molecule has 0 saturated carbocycles. The van der Waals surface area contributed by atoms with E-state index in [1.54, 1.807) is 11.0 Å². The van der Waals surface area contributed by atoms with Crippen LogP contribution in [0.2, 0.25) is 0 Å². The molecule has 0 radical (unpaired) electrons. The van der Waals surface area contributed by atoms with Crippen molar-refractivity contribution in [3.8, 4) is 0 Å². The molecule has 0 bridgehead atoms. The summed E-state index contributed by atoms with van der Waals surface area (Å²) in [6.07, 6.45) is -1.27. The Labute approximate surface area is 91.9 Å². The van der Waals surface area contributed by atoms with Crippen molar-refractivity contribution in [3.63, 3.8) is 0 Å². The second-order valence-electron chi connectivity index (χ2n) is 3.83. The van der Waals surface area contributed by atoms with Crippen LogP contribution in [0.4, 0.5) is 10.1 Å². The number of anilines is 1. The van der Waals surface area contributed by atoms with Crippen LogP contribution in [-0.4, -0.2) is 41.8 Å². The van der Waals surface area contributed by atoms with E-state index in [2.05, 4.69) is 0 Å². The quantitative estimate of drug-likeness (QED) is 0.705. The van der Waals surface area contributed by atoms with Crippen molar-refractivity contribution in [3.05, 3.63) is 29.6 Å². The van der Waals surface area contributed by atoms with Gasteiger partial charge in [-0.3, -0.25) is 4.79 Å². The Kier molecular flexibility index (Phi) is 2.89. The van der Waals surface area contributed by atoms with Crippen molar-refractivity contribution in [2.45, 2.75) is 12.2 Å². The van der Waals surface area contributed by atoms with Gasteiger partial charge in [-0.25, -0.2) is 4.39 Å². The highest BCUT2D eigenvalue weighted by atomic mass is 19.1. The number of carbonyl (C=O) groups is 1. The van der Waals surface area contributed by atoms with E-state index in [9.17, 15) is 19.4 Å². The van der Waals surface area contributed by atoms with Crippen LogP contribution >= 0.6 is 0 Å². The zero-order valence-electron chi connectivity index (χ0n) is 8.51. The number of aldehydes is 1. The van der Waals surface area contributed by atoms with Gasteiger partial charge in [0, 0.05) is 13.1 Å². The van der Waals surface area contributed by atoms with Crippen molar-refractivity contribution in [2.24, 2.45) is 0 Å². The fourth-order valence-corrected chi connectivity index (χ4v) is 1.88. The molecule has 86 valence electrons. The predicted octanol–water partition coefficient (Wildman–Crippen LogP) is 0.180. The molecule has 2 rings (SSSR count). The molecule has 1 aliphatic rings. The van der Waals surface area contributed by atoms with Crippen LogP contribution < -0.4 is 4.90 Å². The summed E-state index contributed by atoms with van der Waals surface area (Å²) >= 11 is 0. The lowest BCUT2D eigenvalue weighted by atomic mass is 10.1. The highest BCUT2D eigenvalue weighted by Crippen LogP contribution is 2.25. The molecule has 2 N–H and O–H groups in total. The zero-order valence-corrected chi connectivity index (χ0v) is 8.51. The molecule has 2 atom stereocenters. The Balaban J connectivity index is 2.34. The zero-order chi connectivity index (χ0) is 11.7. The summed E-state index contributed by atoms with van der Waals surface area (Å²) < 4.78 is 13.3. The van der Waals surface area contributed by atoms with Crippen LogP contribution in [0.25, 0.3) is 0 Å². The Hall–Kier alpha value is -1.46. The Bertz CT molecular complexity index is 400. The van der Waals surface area contributed by atoms with Gasteiger partial charge in [-0.15, -0.1) is 0 Å². The largest absolute Gasteiger partial charge is 0.389 e. The fourth-order valence-electron chi connectivity index (χ4n) is 1.88. The molecule has 4 nitrogen and oxygen atoms in total. The van der Waals surface area contributed by atoms with Gasteiger partial charge in [0.2, 0.25) is 0 Å². The minimum absolute atomic E-state index is 0.0381. The highest BCUT2D eigenvalue weighted by Gasteiger charge is 2.31. The summed E-state index contributed by atoms with van der Waals surface area (Å²) in [6, 6.07) is 4.29. The maximum absolute atomic E-state index is 13.3. The number of β-amino-alcohol motifs (C(OH)–C–C–N with tert-alkyl or cyclic N) is 2. The molecule has 1 fully saturated rings. The first-order valence-corrected chi connectivity index (χ1v) is 4.98. The molecule has 0 amide bonds. The van der Waals surface area contributed by atoms with Crippen molar-refractivity contribution in [1.82, 2.24) is 0 Å². The van der Waals surface area contributed by atoms with E-state index >= 15 is 0 Å². The van der Waals surface area contributed by atoms with Crippen LogP contribution in [0.1, 0.15) is 10.4 Å². The molecule has 1 heterocycles. The van der Waals surface area contributed by atoms with E-state index in [1.165, 1.54) is 12.1 Å². The highest BCUT2D eigenvalue weighted by molar-refractivity contribution is 5.85. The van der Waals surface area contributed by atoms with Crippen LogP contribution in [-0.2, 0) is 0 Å².